The minimum atomic E-state index is -0.503. The summed E-state index contributed by atoms with van der Waals surface area (Å²) in [5.74, 6) is -0.0850. The lowest BCUT2D eigenvalue weighted by Gasteiger charge is -2.05. The van der Waals surface area contributed by atoms with Crippen LogP contribution in [0.15, 0.2) is 48.5 Å². The van der Waals surface area contributed by atoms with Crippen LogP contribution in [0.25, 0.3) is 0 Å². The van der Waals surface area contributed by atoms with Crippen molar-refractivity contribution in [3.8, 4) is 5.75 Å². The smallest absolute Gasteiger partial charge is 0.338 e. The van der Waals surface area contributed by atoms with Crippen molar-refractivity contribution in [2.24, 2.45) is 0 Å². The van der Waals surface area contributed by atoms with Gasteiger partial charge >= 0.3 is 5.97 Å². The topological polar surface area (TPSA) is 52.6 Å². The van der Waals surface area contributed by atoms with Gasteiger partial charge in [-0.3, -0.25) is 4.79 Å². The molecule has 0 aliphatic carbocycles. The van der Waals surface area contributed by atoms with Crippen molar-refractivity contribution in [3.05, 3.63) is 65.2 Å². The number of aryl methyl sites for hydroxylation is 1. The zero-order chi connectivity index (χ0) is 15.2. The minimum Gasteiger partial charge on any atom is -0.497 e. The Morgan fingerprint density at radius 3 is 2.05 bits per heavy atom. The summed E-state index contributed by atoms with van der Waals surface area (Å²) in [6, 6.07) is 13.7. The van der Waals surface area contributed by atoms with Crippen LogP contribution in [-0.4, -0.2) is 25.5 Å². The molecule has 2 aromatic carbocycles. The number of ether oxygens (including phenoxy) is 2. The summed E-state index contributed by atoms with van der Waals surface area (Å²) in [4.78, 5) is 23.7. The second kappa shape index (κ2) is 6.70. The van der Waals surface area contributed by atoms with Crippen molar-refractivity contribution in [1.29, 1.82) is 0 Å². The third-order valence-corrected chi connectivity index (χ3v) is 3.03. The van der Waals surface area contributed by atoms with E-state index in [2.05, 4.69) is 0 Å². The molecular weight excluding hydrogens is 268 g/mol. The summed E-state index contributed by atoms with van der Waals surface area (Å²) in [5, 5.41) is 0. The standard InChI is InChI=1S/C17H16O4/c1-12-3-5-14(6-4-12)17(19)21-11-16(18)13-7-9-15(20-2)10-8-13/h3-10H,11H2,1-2H3. The van der Waals surface area contributed by atoms with E-state index < -0.39 is 5.97 Å². The van der Waals surface area contributed by atoms with Crippen molar-refractivity contribution in [2.75, 3.05) is 13.7 Å². The Labute approximate surface area is 123 Å². The number of carbonyl (C=O) groups excluding carboxylic acids is 2. The predicted molar refractivity (Wildman–Crippen MR) is 78.8 cm³/mol. The van der Waals surface area contributed by atoms with Crippen LogP contribution in [0, 0.1) is 6.92 Å². The van der Waals surface area contributed by atoms with Gasteiger partial charge in [0.25, 0.3) is 0 Å². The summed E-state index contributed by atoms with van der Waals surface area (Å²) >= 11 is 0. The van der Waals surface area contributed by atoms with E-state index in [0.29, 0.717) is 16.9 Å². The molecular formula is C17H16O4. The molecule has 2 rings (SSSR count). The fraction of sp³-hybridized carbons (Fsp3) is 0.176. The predicted octanol–water partition coefficient (Wildman–Crippen LogP) is 3.04. The first-order valence-corrected chi connectivity index (χ1v) is 6.51. The first-order chi connectivity index (χ1) is 10.1. The zero-order valence-corrected chi connectivity index (χ0v) is 12.0. The minimum absolute atomic E-state index is 0.252. The Balaban J connectivity index is 1.93. The molecule has 0 saturated heterocycles. The van der Waals surface area contributed by atoms with Crippen LogP contribution in [0.5, 0.6) is 5.75 Å². The second-order valence-electron chi connectivity index (χ2n) is 4.59. The van der Waals surface area contributed by atoms with E-state index in [9.17, 15) is 9.59 Å². The molecule has 0 amide bonds. The Bertz CT molecular complexity index is 627. The molecule has 0 N–H and O–H groups in total. The average molecular weight is 284 g/mol. The highest BCUT2D eigenvalue weighted by Gasteiger charge is 2.11. The molecule has 4 heteroatoms. The van der Waals surface area contributed by atoms with Crippen LogP contribution in [0.3, 0.4) is 0 Å². The van der Waals surface area contributed by atoms with Crippen molar-refractivity contribution in [1.82, 2.24) is 0 Å². The van der Waals surface area contributed by atoms with E-state index in [1.54, 1.807) is 43.5 Å². The van der Waals surface area contributed by atoms with Crippen molar-refractivity contribution in [2.45, 2.75) is 6.92 Å². The lowest BCUT2D eigenvalue weighted by Crippen LogP contribution is -2.14. The number of rotatable bonds is 5. The maximum Gasteiger partial charge on any atom is 0.338 e. The van der Waals surface area contributed by atoms with Crippen molar-refractivity contribution >= 4 is 11.8 Å². The summed E-state index contributed by atoms with van der Waals surface area (Å²) in [6.07, 6.45) is 0. The van der Waals surface area contributed by atoms with Crippen LogP contribution in [0.2, 0.25) is 0 Å². The van der Waals surface area contributed by atoms with E-state index >= 15 is 0 Å². The molecule has 0 radical (unpaired) electrons. The zero-order valence-electron chi connectivity index (χ0n) is 12.0. The van der Waals surface area contributed by atoms with E-state index in [4.69, 9.17) is 9.47 Å². The van der Waals surface area contributed by atoms with E-state index in [1.807, 2.05) is 19.1 Å². The Morgan fingerprint density at radius 2 is 1.48 bits per heavy atom. The van der Waals surface area contributed by atoms with Gasteiger partial charge in [-0.2, -0.15) is 0 Å². The maximum absolute atomic E-state index is 11.9. The van der Waals surface area contributed by atoms with E-state index in [1.165, 1.54) is 0 Å². The van der Waals surface area contributed by atoms with Crippen LogP contribution in [-0.2, 0) is 4.74 Å². The molecule has 0 heterocycles. The molecule has 0 aromatic heterocycles. The van der Waals surface area contributed by atoms with Gasteiger partial charge in [0.2, 0.25) is 0 Å². The number of methoxy groups -OCH3 is 1. The Morgan fingerprint density at radius 1 is 0.905 bits per heavy atom. The van der Waals surface area contributed by atoms with Gasteiger partial charge in [0, 0.05) is 5.56 Å². The third-order valence-electron chi connectivity index (χ3n) is 3.03. The van der Waals surface area contributed by atoms with Gasteiger partial charge < -0.3 is 9.47 Å². The van der Waals surface area contributed by atoms with E-state index in [0.717, 1.165) is 5.56 Å². The second-order valence-corrected chi connectivity index (χ2v) is 4.59. The van der Waals surface area contributed by atoms with Gasteiger partial charge in [0.15, 0.2) is 12.4 Å². The number of hydrogen-bond acceptors (Lipinski definition) is 4. The quantitative estimate of drug-likeness (QED) is 0.625. The van der Waals surface area contributed by atoms with Crippen molar-refractivity contribution < 1.29 is 19.1 Å². The maximum atomic E-state index is 11.9. The third kappa shape index (κ3) is 3.92. The summed E-state index contributed by atoms with van der Waals surface area (Å²) < 4.78 is 10.0. The molecule has 0 bridgehead atoms. The van der Waals surface area contributed by atoms with Gasteiger partial charge in [-0.1, -0.05) is 17.7 Å². The highest BCUT2D eigenvalue weighted by Crippen LogP contribution is 2.12. The normalized spacial score (nSPS) is 10.0. The molecule has 21 heavy (non-hydrogen) atoms. The van der Waals surface area contributed by atoms with Gasteiger partial charge in [-0.05, 0) is 43.3 Å². The van der Waals surface area contributed by atoms with Gasteiger partial charge in [0.1, 0.15) is 5.75 Å². The molecule has 0 aliphatic heterocycles. The average Bonchev–Trinajstić information content (AvgIpc) is 2.53. The molecule has 0 aliphatic rings. The highest BCUT2D eigenvalue weighted by molar-refractivity contribution is 5.99. The Kier molecular flexibility index (Phi) is 4.72. The van der Waals surface area contributed by atoms with Crippen molar-refractivity contribution in [3.63, 3.8) is 0 Å². The lowest BCUT2D eigenvalue weighted by molar-refractivity contribution is 0.0474. The first kappa shape index (κ1) is 14.8. The van der Waals surface area contributed by atoms with Crippen LogP contribution in [0.4, 0.5) is 0 Å². The number of benzene rings is 2. The van der Waals surface area contributed by atoms with Crippen LogP contribution < -0.4 is 4.74 Å². The number of hydrogen-bond donors (Lipinski definition) is 0. The highest BCUT2D eigenvalue weighted by atomic mass is 16.5. The van der Waals surface area contributed by atoms with E-state index in [-0.39, 0.29) is 12.4 Å². The molecule has 0 fully saturated rings. The fourth-order valence-corrected chi connectivity index (χ4v) is 1.76. The number of Topliss-reactive ketones (excluding diaryl/α,β-unsaturated/α-hetero) is 1. The molecule has 108 valence electrons. The van der Waals surface area contributed by atoms with Gasteiger partial charge in [0.05, 0.1) is 12.7 Å². The number of ketones is 1. The fourth-order valence-electron chi connectivity index (χ4n) is 1.76. The molecule has 0 atom stereocenters. The summed E-state index contributed by atoms with van der Waals surface area (Å²) in [6.45, 7) is 1.65. The van der Waals surface area contributed by atoms with Gasteiger partial charge in [-0.15, -0.1) is 0 Å². The largest absolute Gasteiger partial charge is 0.497 e. The SMILES string of the molecule is COc1ccc(C(=O)COC(=O)c2ccc(C)cc2)cc1. The molecule has 0 saturated carbocycles. The first-order valence-electron chi connectivity index (χ1n) is 6.51. The summed E-state index contributed by atoms with van der Waals surface area (Å²) in [7, 11) is 1.56. The van der Waals surface area contributed by atoms with Crippen LogP contribution in [0.1, 0.15) is 26.3 Å². The molecule has 4 nitrogen and oxygen atoms in total. The van der Waals surface area contributed by atoms with Gasteiger partial charge in [-0.25, -0.2) is 4.79 Å². The molecule has 0 unspecified atom stereocenters. The monoisotopic (exact) mass is 284 g/mol. The molecule has 2 aromatic rings. The Hall–Kier alpha value is -2.62. The lowest BCUT2D eigenvalue weighted by atomic mass is 10.1. The summed E-state index contributed by atoms with van der Waals surface area (Å²) in [5.41, 5.74) is 1.97. The molecule has 0 spiro atoms. The van der Waals surface area contributed by atoms with Crippen LogP contribution >= 0.6 is 0 Å². The number of carbonyl (C=O) groups is 2. The number of esters is 1.